The highest BCUT2D eigenvalue weighted by Crippen LogP contribution is 2.36. The second kappa shape index (κ2) is 12.2. The molecule has 4 N–H and O–H groups in total. The number of rotatable bonds is 9. The Morgan fingerprint density at radius 3 is 2.79 bits per heavy atom. The average molecular weight is 570 g/mol. The molecule has 0 radical (unpaired) electrons. The standard InChI is InChI=1S/C30H32FN9O2/c1-5-27(41)36-24-15-40(13-12-17(24)2)26-11-9-22-29(38-26)30(35-16-34-22)37-21-8-10-25(18(3)28(21)31)42-19-6-7-20(33-4)23(14-19)39-32/h5-11,14,16-17,24,32-33H,1,12-13,15H2,2-4H3,(H,36,41)(H,34,35,37)/t17-,24?/m1/s1. The lowest BCUT2D eigenvalue weighted by molar-refractivity contribution is -0.117. The molecule has 0 bridgehead atoms. The number of benzene rings is 2. The van der Waals surface area contributed by atoms with Crippen LogP contribution >= 0.6 is 0 Å². The Morgan fingerprint density at radius 1 is 1.21 bits per heavy atom. The van der Waals surface area contributed by atoms with E-state index in [1.165, 1.54) is 12.4 Å². The number of hydrogen-bond acceptors (Lipinski definition) is 10. The Morgan fingerprint density at radius 2 is 2.02 bits per heavy atom. The van der Waals surface area contributed by atoms with Gasteiger partial charge in [-0.1, -0.05) is 13.5 Å². The lowest BCUT2D eigenvalue weighted by Gasteiger charge is -2.38. The second-order valence-electron chi connectivity index (χ2n) is 10.1. The number of ether oxygens (including phenoxy) is 1. The first kappa shape index (κ1) is 28.4. The second-order valence-corrected chi connectivity index (χ2v) is 10.1. The molecule has 1 aliphatic heterocycles. The van der Waals surface area contributed by atoms with Crippen molar-refractivity contribution >= 4 is 45.6 Å². The van der Waals surface area contributed by atoms with Gasteiger partial charge in [0.25, 0.3) is 0 Å². The number of nitrogens with one attached hydrogen (secondary N) is 4. The van der Waals surface area contributed by atoms with Gasteiger partial charge in [0.2, 0.25) is 5.91 Å². The number of aromatic nitrogens is 3. The minimum absolute atomic E-state index is 0.0432. The molecule has 2 atom stereocenters. The number of carbonyl (C=O) groups is 1. The molecule has 5 rings (SSSR count). The highest BCUT2D eigenvalue weighted by molar-refractivity contribution is 5.88. The van der Waals surface area contributed by atoms with Gasteiger partial charge in [-0.15, -0.1) is 0 Å². The minimum atomic E-state index is -0.501. The molecule has 1 fully saturated rings. The van der Waals surface area contributed by atoms with Gasteiger partial charge in [-0.3, -0.25) is 4.79 Å². The topological polar surface area (TPSA) is 141 Å². The lowest BCUT2D eigenvalue weighted by atomic mass is 9.93. The number of hydrogen-bond donors (Lipinski definition) is 4. The zero-order chi connectivity index (χ0) is 29.8. The van der Waals surface area contributed by atoms with Gasteiger partial charge in [-0.25, -0.2) is 24.9 Å². The summed E-state index contributed by atoms with van der Waals surface area (Å²) in [6.07, 6.45) is 3.57. The van der Waals surface area contributed by atoms with E-state index in [1.807, 2.05) is 12.1 Å². The first-order valence-corrected chi connectivity index (χ1v) is 13.5. The fraction of sp³-hybridized carbons (Fsp3) is 0.267. The number of pyridine rings is 1. The summed E-state index contributed by atoms with van der Waals surface area (Å²) in [4.78, 5) is 27.6. The van der Waals surface area contributed by atoms with E-state index in [0.717, 1.165) is 13.0 Å². The molecule has 0 aliphatic carbocycles. The minimum Gasteiger partial charge on any atom is -0.457 e. The molecule has 0 saturated carbocycles. The molecule has 1 unspecified atom stereocenters. The first-order chi connectivity index (χ1) is 20.3. The van der Waals surface area contributed by atoms with Gasteiger partial charge >= 0.3 is 0 Å². The van der Waals surface area contributed by atoms with Crippen LogP contribution in [-0.2, 0) is 4.79 Å². The molecule has 216 valence electrons. The molecule has 2 aromatic heterocycles. The SMILES string of the molecule is C=CC(=O)NC1CN(c2ccc3ncnc(Nc4ccc(Oc5ccc(NC)c(N=N)c5)c(C)c4F)c3n2)CC[C@H]1C. The predicted octanol–water partition coefficient (Wildman–Crippen LogP) is 6.23. The first-order valence-electron chi connectivity index (χ1n) is 13.5. The third kappa shape index (κ3) is 5.82. The van der Waals surface area contributed by atoms with Gasteiger partial charge in [-0.2, -0.15) is 5.11 Å². The molecule has 12 heteroatoms. The average Bonchev–Trinajstić information content (AvgIpc) is 3.01. The van der Waals surface area contributed by atoms with Crippen LogP contribution in [0, 0.1) is 24.2 Å². The van der Waals surface area contributed by atoms with Crippen molar-refractivity contribution in [2.75, 3.05) is 35.7 Å². The number of anilines is 4. The fourth-order valence-electron chi connectivity index (χ4n) is 4.91. The molecule has 1 saturated heterocycles. The van der Waals surface area contributed by atoms with Crippen molar-refractivity contribution < 1.29 is 13.9 Å². The smallest absolute Gasteiger partial charge is 0.243 e. The summed E-state index contributed by atoms with van der Waals surface area (Å²) < 4.78 is 21.5. The van der Waals surface area contributed by atoms with E-state index in [4.69, 9.17) is 15.3 Å². The van der Waals surface area contributed by atoms with Crippen LogP contribution in [0.2, 0.25) is 0 Å². The number of piperidine rings is 1. The van der Waals surface area contributed by atoms with Crippen molar-refractivity contribution in [2.45, 2.75) is 26.3 Å². The summed E-state index contributed by atoms with van der Waals surface area (Å²) in [6, 6.07) is 12.0. The van der Waals surface area contributed by atoms with E-state index in [2.05, 4.69) is 49.4 Å². The molecule has 2 aromatic carbocycles. The van der Waals surface area contributed by atoms with Crippen molar-refractivity contribution in [3.63, 3.8) is 0 Å². The molecular weight excluding hydrogens is 537 g/mol. The van der Waals surface area contributed by atoms with Gasteiger partial charge in [0.1, 0.15) is 34.8 Å². The number of halogens is 1. The summed E-state index contributed by atoms with van der Waals surface area (Å²) in [6.45, 7) is 8.67. The van der Waals surface area contributed by atoms with Crippen LogP contribution in [0.25, 0.3) is 11.0 Å². The van der Waals surface area contributed by atoms with Gasteiger partial charge in [0, 0.05) is 37.8 Å². The zero-order valence-electron chi connectivity index (χ0n) is 23.6. The fourth-order valence-corrected chi connectivity index (χ4v) is 4.91. The Kier molecular flexibility index (Phi) is 8.23. The zero-order valence-corrected chi connectivity index (χ0v) is 23.6. The van der Waals surface area contributed by atoms with Crippen LogP contribution in [0.1, 0.15) is 18.9 Å². The molecular formula is C30H32FN9O2. The highest BCUT2D eigenvalue weighted by atomic mass is 19.1. The molecule has 11 nitrogen and oxygen atoms in total. The quantitative estimate of drug-likeness (QED) is 0.137. The Labute approximate surface area is 242 Å². The molecule has 4 aromatic rings. The van der Waals surface area contributed by atoms with E-state index >= 15 is 4.39 Å². The van der Waals surface area contributed by atoms with Gasteiger partial charge in [0.05, 0.1) is 16.9 Å². The Hall–Kier alpha value is -5.13. The number of amides is 1. The van der Waals surface area contributed by atoms with E-state index in [1.54, 1.807) is 44.3 Å². The van der Waals surface area contributed by atoms with E-state index in [-0.39, 0.29) is 17.6 Å². The lowest BCUT2D eigenvalue weighted by Crippen LogP contribution is -2.51. The van der Waals surface area contributed by atoms with Crippen molar-refractivity contribution in [1.29, 1.82) is 5.53 Å². The predicted molar refractivity (Wildman–Crippen MR) is 161 cm³/mol. The van der Waals surface area contributed by atoms with Gasteiger partial charge in [0.15, 0.2) is 11.6 Å². The summed E-state index contributed by atoms with van der Waals surface area (Å²) in [5.41, 5.74) is 10.1. The van der Waals surface area contributed by atoms with Crippen LogP contribution < -0.4 is 25.6 Å². The molecule has 42 heavy (non-hydrogen) atoms. The van der Waals surface area contributed by atoms with Crippen molar-refractivity contribution in [1.82, 2.24) is 20.3 Å². The molecule has 1 amide bonds. The number of fused-ring (bicyclic) bond motifs is 1. The molecule has 3 heterocycles. The van der Waals surface area contributed by atoms with Crippen LogP contribution in [0.5, 0.6) is 11.5 Å². The summed E-state index contributed by atoms with van der Waals surface area (Å²) >= 11 is 0. The van der Waals surface area contributed by atoms with Gasteiger partial charge in [-0.05, 0) is 61.7 Å². The van der Waals surface area contributed by atoms with Crippen LogP contribution in [0.4, 0.5) is 33.1 Å². The Balaban J connectivity index is 1.39. The van der Waals surface area contributed by atoms with E-state index < -0.39 is 5.82 Å². The maximum absolute atomic E-state index is 15.6. The monoisotopic (exact) mass is 569 g/mol. The maximum Gasteiger partial charge on any atom is 0.243 e. The largest absolute Gasteiger partial charge is 0.457 e. The third-order valence-electron chi connectivity index (χ3n) is 7.44. The van der Waals surface area contributed by atoms with Crippen LogP contribution in [0.15, 0.2) is 66.6 Å². The van der Waals surface area contributed by atoms with Crippen molar-refractivity contribution in [3.8, 4) is 11.5 Å². The van der Waals surface area contributed by atoms with Crippen LogP contribution in [-0.4, -0.2) is 47.0 Å². The van der Waals surface area contributed by atoms with Crippen molar-refractivity contribution in [2.24, 2.45) is 11.0 Å². The molecule has 0 spiro atoms. The van der Waals surface area contributed by atoms with E-state index in [0.29, 0.717) is 63.6 Å². The normalized spacial score (nSPS) is 16.5. The van der Waals surface area contributed by atoms with Crippen LogP contribution in [0.3, 0.4) is 0 Å². The Bertz CT molecular complexity index is 1660. The van der Waals surface area contributed by atoms with Crippen molar-refractivity contribution in [3.05, 3.63) is 72.8 Å². The van der Waals surface area contributed by atoms with Gasteiger partial charge < -0.3 is 25.6 Å². The summed E-state index contributed by atoms with van der Waals surface area (Å²) in [5, 5.41) is 12.6. The van der Waals surface area contributed by atoms with E-state index in [9.17, 15) is 4.79 Å². The molecule has 1 aliphatic rings. The maximum atomic E-state index is 15.6. The highest BCUT2D eigenvalue weighted by Gasteiger charge is 2.28. The third-order valence-corrected chi connectivity index (χ3v) is 7.44. The number of carbonyl (C=O) groups excluding carboxylic acids is 1. The summed E-state index contributed by atoms with van der Waals surface area (Å²) in [7, 11) is 1.74. The number of nitrogens with zero attached hydrogens (tertiary/aromatic N) is 5. The summed E-state index contributed by atoms with van der Waals surface area (Å²) in [5.74, 6) is 1.45.